The van der Waals surface area contributed by atoms with Crippen molar-refractivity contribution in [3.05, 3.63) is 59.9 Å². The first-order valence-corrected chi connectivity index (χ1v) is 14.6. The van der Waals surface area contributed by atoms with Gasteiger partial charge < -0.3 is 15.4 Å². The number of nitrogens with one attached hydrogen (secondary N) is 1. The third kappa shape index (κ3) is 6.13. The van der Waals surface area contributed by atoms with Crippen LogP contribution in [0.3, 0.4) is 0 Å². The summed E-state index contributed by atoms with van der Waals surface area (Å²) in [6.45, 7) is 5.14. The summed E-state index contributed by atoms with van der Waals surface area (Å²) in [5.41, 5.74) is 6.71. The SMILES string of the molecule is CC(C)COc1cc(F)cc(-c2ccc(C(=O)NS(=O)(=O)c3cccc(N)n3)c(N3CCCC3C3CC3)n2)c1. The Morgan fingerprint density at radius 2 is 1.95 bits per heavy atom. The zero-order valence-corrected chi connectivity index (χ0v) is 22.7. The van der Waals surface area contributed by atoms with E-state index in [0.29, 0.717) is 41.9 Å². The number of halogens is 1. The van der Waals surface area contributed by atoms with Gasteiger partial charge in [0, 0.05) is 24.2 Å². The molecular formula is C28H32FN5O4S. The van der Waals surface area contributed by atoms with Crippen molar-refractivity contribution < 1.29 is 22.3 Å². The summed E-state index contributed by atoms with van der Waals surface area (Å²) in [4.78, 5) is 24.1. The van der Waals surface area contributed by atoms with Gasteiger partial charge in [0.2, 0.25) is 0 Å². The highest BCUT2D eigenvalue weighted by Gasteiger charge is 2.40. The number of nitrogen functional groups attached to an aromatic ring is 1. The largest absolute Gasteiger partial charge is 0.493 e. The van der Waals surface area contributed by atoms with Crippen LogP contribution in [0.1, 0.15) is 49.9 Å². The average Bonchev–Trinajstić information content (AvgIpc) is 3.62. The van der Waals surface area contributed by atoms with E-state index < -0.39 is 21.7 Å². The Morgan fingerprint density at radius 3 is 2.67 bits per heavy atom. The molecule has 1 saturated carbocycles. The van der Waals surface area contributed by atoms with Crippen LogP contribution >= 0.6 is 0 Å². The summed E-state index contributed by atoms with van der Waals surface area (Å²) in [6, 6.07) is 11.9. The lowest BCUT2D eigenvalue weighted by molar-refractivity contribution is 0.0981. The van der Waals surface area contributed by atoms with Gasteiger partial charge in [-0.2, -0.15) is 8.42 Å². The molecule has 2 aromatic heterocycles. The average molecular weight is 554 g/mol. The number of nitrogens with zero attached hydrogens (tertiary/aromatic N) is 3. The highest BCUT2D eigenvalue weighted by atomic mass is 32.2. The molecule has 39 heavy (non-hydrogen) atoms. The van der Waals surface area contributed by atoms with E-state index in [0.717, 1.165) is 25.7 Å². The first-order chi connectivity index (χ1) is 18.6. The molecule has 5 rings (SSSR count). The Balaban J connectivity index is 1.52. The summed E-state index contributed by atoms with van der Waals surface area (Å²) in [6.07, 6.45) is 4.12. The van der Waals surface area contributed by atoms with Gasteiger partial charge in [0.05, 0.1) is 17.9 Å². The molecule has 2 fully saturated rings. The fourth-order valence-corrected chi connectivity index (χ4v) is 5.84. The predicted molar refractivity (Wildman–Crippen MR) is 146 cm³/mol. The lowest BCUT2D eigenvalue weighted by Crippen LogP contribution is -2.36. The fraction of sp³-hybridized carbons (Fsp3) is 0.393. The van der Waals surface area contributed by atoms with E-state index in [1.807, 2.05) is 13.8 Å². The molecule has 0 bridgehead atoms. The van der Waals surface area contributed by atoms with Crippen molar-refractivity contribution in [2.75, 3.05) is 23.8 Å². The minimum atomic E-state index is -4.28. The second-order valence-corrected chi connectivity index (χ2v) is 12.2. The number of anilines is 2. The maximum Gasteiger partial charge on any atom is 0.281 e. The van der Waals surface area contributed by atoms with Crippen molar-refractivity contribution in [2.45, 2.75) is 50.6 Å². The lowest BCUT2D eigenvalue weighted by Gasteiger charge is -2.28. The summed E-state index contributed by atoms with van der Waals surface area (Å²) >= 11 is 0. The minimum absolute atomic E-state index is 0.0215. The molecule has 2 aliphatic rings. The molecule has 11 heteroatoms. The third-order valence-corrected chi connectivity index (χ3v) is 8.09. The minimum Gasteiger partial charge on any atom is -0.493 e. The van der Waals surface area contributed by atoms with Crippen LogP contribution in [-0.4, -0.2) is 43.5 Å². The number of ether oxygens (including phenoxy) is 1. The molecule has 1 aliphatic carbocycles. The van der Waals surface area contributed by atoms with Crippen molar-refractivity contribution in [1.82, 2.24) is 14.7 Å². The monoisotopic (exact) mass is 553 g/mol. The van der Waals surface area contributed by atoms with Gasteiger partial charge in [-0.05, 0) is 73.9 Å². The van der Waals surface area contributed by atoms with Crippen molar-refractivity contribution in [1.29, 1.82) is 0 Å². The van der Waals surface area contributed by atoms with Gasteiger partial charge in [0.1, 0.15) is 23.2 Å². The molecule has 1 unspecified atom stereocenters. The summed E-state index contributed by atoms with van der Waals surface area (Å²) in [5, 5.41) is -0.354. The number of sulfonamides is 1. The third-order valence-electron chi connectivity index (χ3n) is 6.86. The molecule has 1 aromatic carbocycles. The number of carbonyl (C=O) groups is 1. The van der Waals surface area contributed by atoms with E-state index in [1.165, 1.54) is 36.4 Å². The number of carbonyl (C=O) groups excluding carboxylic acids is 1. The smallest absolute Gasteiger partial charge is 0.281 e. The Labute approximate surface area is 227 Å². The van der Waals surface area contributed by atoms with Crippen LogP contribution in [-0.2, 0) is 10.0 Å². The van der Waals surface area contributed by atoms with Crippen molar-refractivity contribution in [3.8, 4) is 17.0 Å². The normalized spacial score (nSPS) is 17.4. The zero-order valence-electron chi connectivity index (χ0n) is 21.9. The summed E-state index contributed by atoms with van der Waals surface area (Å²) < 4.78 is 48.2. The van der Waals surface area contributed by atoms with Crippen LogP contribution in [0.4, 0.5) is 16.0 Å². The molecule has 206 valence electrons. The highest BCUT2D eigenvalue weighted by Crippen LogP contribution is 2.42. The highest BCUT2D eigenvalue weighted by molar-refractivity contribution is 7.90. The van der Waals surface area contributed by atoms with Crippen LogP contribution in [0.15, 0.2) is 53.6 Å². The van der Waals surface area contributed by atoms with E-state index in [-0.39, 0.29) is 28.4 Å². The van der Waals surface area contributed by atoms with Crippen LogP contribution in [0.2, 0.25) is 0 Å². The van der Waals surface area contributed by atoms with E-state index in [9.17, 15) is 17.6 Å². The molecule has 1 amide bonds. The maximum atomic E-state index is 14.5. The van der Waals surface area contributed by atoms with Gasteiger partial charge in [-0.25, -0.2) is 19.1 Å². The number of aromatic nitrogens is 2. The maximum absolute atomic E-state index is 14.5. The first-order valence-electron chi connectivity index (χ1n) is 13.1. The second-order valence-electron chi connectivity index (χ2n) is 10.5. The quantitative estimate of drug-likeness (QED) is 0.399. The van der Waals surface area contributed by atoms with E-state index in [2.05, 4.69) is 14.6 Å². The van der Waals surface area contributed by atoms with Crippen LogP contribution in [0.5, 0.6) is 5.75 Å². The van der Waals surface area contributed by atoms with E-state index >= 15 is 0 Å². The Kier molecular flexibility index (Phi) is 7.44. The molecule has 9 nitrogen and oxygen atoms in total. The van der Waals surface area contributed by atoms with E-state index in [4.69, 9.17) is 15.5 Å². The first kappa shape index (κ1) is 26.9. The Hall–Kier alpha value is -3.73. The van der Waals surface area contributed by atoms with Crippen molar-refractivity contribution in [3.63, 3.8) is 0 Å². The molecular weight excluding hydrogens is 521 g/mol. The molecule has 3 heterocycles. The van der Waals surface area contributed by atoms with Crippen molar-refractivity contribution >= 4 is 27.6 Å². The van der Waals surface area contributed by atoms with Gasteiger partial charge in [-0.3, -0.25) is 4.79 Å². The van der Waals surface area contributed by atoms with Crippen LogP contribution in [0, 0.1) is 17.7 Å². The van der Waals surface area contributed by atoms with Gasteiger partial charge in [-0.1, -0.05) is 19.9 Å². The number of nitrogens with two attached hydrogens (primary N) is 1. The standard InChI is InChI=1S/C28H32FN5O4S/c1-17(2)16-38-21-14-19(13-20(29)15-21)23-11-10-22(27(31-23)34-12-4-5-24(34)18-8-9-18)28(35)33-39(36,37)26-7-3-6-25(30)32-26/h3,6-7,10-11,13-15,17-18,24H,4-5,8-9,12,16H2,1-2H3,(H2,30,32)(H,33,35). The molecule has 3 N–H and O–H groups in total. The second kappa shape index (κ2) is 10.8. The molecule has 1 atom stereocenters. The molecule has 0 radical (unpaired) electrons. The van der Waals surface area contributed by atoms with Crippen molar-refractivity contribution in [2.24, 2.45) is 11.8 Å². The zero-order chi connectivity index (χ0) is 27.7. The number of rotatable bonds is 9. The number of amides is 1. The molecule has 1 saturated heterocycles. The predicted octanol–water partition coefficient (Wildman–Crippen LogP) is 4.40. The Morgan fingerprint density at radius 1 is 1.15 bits per heavy atom. The van der Waals surface area contributed by atoms with Gasteiger partial charge in [0.15, 0.2) is 5.03 Å². The van der Waals surface area contributed by atoms with E-state index in [1.54, 1.807) is 12.1 Å². The molecule has 3 aromatic rings. The number of pyridine rings is 2. The van der Waals surface area contributed by atoms with Gasteiger partial charge in [-0.15, -0.1) is 0 Å². The number of benzene rings is 1. The lowest BCUT2D eigenvalue weighted by atomic mass is 10.1. The summed E-state index contributed by atoms with van der Waals surface area (Å²) in [5.74, 6) is 0.287. The van der Waals surface area contributed by atoms with Crippen LogP contribution in [0.25, 0.3) is 11.3 Å². The Bertz CT molecular complexity index is 1490. The number of hydrogen-bond acceptors (Lipinski definition) is 8. The number of hydrogen-bond donors (Lipinski definition) is 2. The summed E-state index contributed by atoms with van der Waals surface area (Å²) in [7, 11) is -4.28. The van der Waals surface area contributed by atoms with Gasteiger partial charge >= 0.3 is 0 Å². The molecule has 1 aliphatic heterocycles. The topological polar surface area (TPSA) is 128 Å². The fourth-order valence-electron chi connectivity index (χ4n) is 4.90. The van der Waals surface area contributed by atoms with Crippen LogP contribution < -0.4 is 20.1 Å². The molecule has 0 spiro atoms. The van der Waals surface area contributed by atoms with Gasteiger partial charge in [0.25, 0.3) is 15.9 Å².